The summed E-state index contributed by atoms with van der Waals surface area (Å²) in [6, 6.07) is 18.2. The first-order valence-electron chi connectivity index (χ1n) is 13.3. The summed E-state index contributed by atoms with van der Waals surface area (Å²) in [4.78, 5) is 28.5. The molecule has 0 spiro atoms. The van der Waals surface area contributed by atoms with Gasteiger partial charge in [0.25, 0.3) is 10.0 Å². The number of carbonyl (C=O) groups is 2. The summed E-state index contributed by atoms with van der Waals surface area (Å²) in [5.74, 6) is -0.638. The Hall–Kier alpha value is -3.27. The van der Waals surface area contributed by atoms with E-state index in [9.17, 15) is 18.0 Å². The Morgan fingerprint density at radius 1 is 0.927 bits per heavy atom. The van der Waals surface area contributed by atoms with Crippen molar-refractivity contribution in [1.82, 2.24) is 10.2 Å². The Bertz CT molecular complexity index is 1450. The number of anilines is 1. The largest absolute Gasteiger partial charge is 0.492 e. The van der Waals surface area contributed by atoms with Crippen LogP contribution in [-0.4, -0.2) is 50.4 Å². The van der Waals surface area contributed by atoms with E-state index in [2.05, 4.69) is 5.32 Å². The number of nitrogens with one attached hydrogen (secondary N) is 1. The highest BCUT2D eigenvalue weighted by Gasteiger charge is 2.34. The summed E-state index contributed by atoms with van der Waals surface area (Å²) in [7, 11) is -4.26. The lowest BCUT2D eigenvalue weighted by molar-refractivity contribution is -0.139. The number of rotatable bonds is 13. The fourth-order valence-corrected chi connectivity index (χ4v) is 5.83. The summed E-state index contributed by atoms with van der Waals surface area (Å²) in [5, 5.41) is 3.76. The van der Waals surface area contributed by atoms with Gasteiger partial charge in [-0.1, -0.05) is 54.4 Å². The van der Waals surface area contributed by atoms with E-state index in [4.69, 9.17) is 27.9 Å². The Balaban J connectivity index is 2.08. The second-order valence-electron chi connectivity index (χ2n) is 9.51. The second kappa shape index (κ2) is 14.6. The van der Waals surface area contributed by atoms with Crippen molar-refractivity contribution in [3.05, 3.63) is 88.4 Å². The molecule has 0 fully saturated rings. The Labute approximate surface area is 252 Å². The van der Waals surface area contributed by atoms with Crippen LogP contribution >= 0.6 is 23.2 Å². The summed E-state index contributed by atoms with van der Waals surface area (Å²) >= 11 is 12.2. The maximum absolute atomic E-state index is 14.1. The van der Waals surface area contributed by atoms with Gasteiger partial charge < -0.3 is 15.0 Å². The van der Waals surface area contributed by atoms with Gasteiger partial charge in [-0.25, -0.2) is 8.42 Å². The minimum absolute atomic E-state index is 0.0381. The zero-order valence-corrected chi connectivity index (χ0v) is 25.8. The summed E-state index contributed by atoms with van der Waals surface area (Å²) in [6.07, 6.45) is 0.710. The number of amides is 2. The highest BCUT2D eigenvalue weighted by molar-refractivity contribution is 7.92. The molecule has 41 heavy (non-hydrogen) atoms. The number of benzene rings is 3. The van der Waals surface area contributed by atoms with Gasteiger partial charge in [-0.15, -0.1) is 0 Å². The summed E-state index contributed by atoms with van der Waals surface area (Å²) in [6.45, 7) is 6.95. The molecule has 11 heteroatoms. The molecule has 0 aliphatic heterocycles. The molecule has 0 aliphatic rings. The first kappa shape index (κ1) is 32.2. The SMILES string of the molecule is CCOc1ccccc1N(CC(=O)N(Cc1cccc(Cl)c1)[C@@H](C)C(=O)N[C@@H](C)CC)S(=O)(=O)c1ccc(Cl)cc1. The molecule has 1 N–H and O–H groups in total. The molecule has 0 heterocycles. The van der Waals surface area contributed by atoms with Crippen molar-refractivity contribution in [2.45, 2.75) is 57.6 Å². The third kappa shape index (κ3) is 8.38. The van der Waals surface area contributed by atoms with Gasteiger partial charge in [-0.2, -0.15) is 0 Å². The predicted octanol–water partition coefficient (Wildman–Crippen LogP) is 5.92. The van der Waals surface area contributed by atoms with Gasteiger partial charge in [-0.3, -0.25) is 13.9 Å². The molecule has 0 aliphatic carbocycles. The number of sulfonamides is 1. The molecule has 3 rings (SSSR count). The standard InChI is InChI=1S/C30H35Cl2N3O5S/c1-5-21(3)33-30(37)22(4)34(19-23-10-9-11-25(32)18-23)29(36)20-35(27-12-7-8-13-28(27)40-6-2)41(38,39)26-16-14-24(31)15-17-26/h7-18,21-22H,5-6,19-20H2,1-4H3,(H,33,37)/t21-,22-/m0/s1. The van der Waals surface area contributed by atoms with Crippen LogP contribution in [0.3, 0.4) is 0 Å². The van der Waals surface area contributed by atoms with Gasteiger partial charge in [0, 0.05) is 22.6 Å². The van der Waals surface area contributed by atoms with Crippen LogP contribution in [0.4, 0.5) is 5.69 Å². The lowest BCUT2D eigenvalue weighted by Crippen LogP contribution is -2.52. The molecule has 0 aromatic heterocycles. The van der Waals surface area contributed by atoms with Gasteiger partial charge in [0.2, 0.25) is 11.8 Å². The molecule has 3 aromatic rings. The number of hydrogen-bond acceptors (Lipinski definition) is 5. The molecule has 0 saturated heterocycles. The quantitative estimate of drug-likeness (QED) is 0.256. The minimum Gasteiger partial charge on any atom is -0.492 e. The average molecular weight is 621 g/mol. The Morgan fingerprint density at radius 3 is 2.24 bits per heavy atom. The van der Waals surface area contributed by atoms with Gasteiger partial charge in [0.05, 0.1) is 17.2 Å². The molecular formula is C30H35Cl2N3O5S. The zero-order valence-electron chi connectivity index (χ0n) is 23.5. The molecule has 8 nitrogen and oxygen atoms in total. The highest BCUT2D eigenvalue weighted by atomic mass is 35.5. The summed E-state index contributed by atoms with van der Waals surface area (Å²) < 4.78 is 34.8. The number of nitrogens with zero attached hydrogens (tertiary/aromatic N) is 2. The topological polar surface area (TPSA) is 96.0 Å². The van der Waals surface area contributed by atoms with Gasteiger partial charge in [-0.05, 0) is 81.3 Å². The van der Waals surface area contributed by atoms with Crippen LogP contribution in [0.2, 0.25) is 10.0 Å². The van der Waals surface area contributed by atoms with Crippen molar-refractivity contribution in [2.24, 2.45) is 0 Å². The van der Waals surface area contributed by atoms with E-state index < -0.39 is 28.5 Å². The average Bonchev–Trinajstić information content (AvgIpc) is 2.95. The molecule has 220 valence electrons. The molecule has 2 amide bonds. The molecule has 0 saturated carbocycles. The van der Waals surface area contributed by atoms with E-state index >= 15 is 0 Å². The van der Waals surface area contributed by atoms with E-state index in [0.717, 1.165) is 4.31 Å². The predicted molar refractivity (Wildman–Crippen MR) is 163 cm³/mol. The smallest absolute Gasteiger partial charge is 0.264 e. The summed E-state index contributed by atoms with van der Waals surface area (Å²) in [5.41, 5.74) is 0.882. The number of hydrogen-bond donors (Lipinski definition) is 1. The number of carbonyl (C=O) groups excluding carboxylic acids is 2. The van der Waals surface area contributed by atoms with Crippen molar-refractivity contribution in [1.29, 1.82) is 0 Å². The van der Waals surface area contributed by atoms with Crippen LogP contribution in [0.5, 0.6) is 5.75 Å². The van der Waals surface area contributed by atoms with Gasteiger partial charge >= 0.3 is 0 Å². The maximum Gasteiger partial charge on any atom is 0.264 e. The van der Waals surface area contributed by atoms with E-state index in [1.165, 1.54) is 29.2 Å². The fraction of sp³-hybridized carbons (Fsp3) is 0.333. The maximum atomic E-state index is 14.1. The molecule has 3 aromatic carbocycles. The van der Waals surface area contributed by atoms with Crippen molar-refractivity contribution in [3.8, 4) is 5.75 Å². The third-order valence-electron chi connectivity index (χ3n) is 6.52. The second-order valence-corrected chi connectivity index (χ2v) is 12.2. The van der Waals surface area contributed by atoms with E-state index in [1.54, 1.807) is 62.4 Å². The van der Waals surface area contributed by atoms with Crippen LogP contribution in [0.1, 0.15) is 39.7 Å². The van der Waals surface area contributed by atoms with Gasteiger partial charge in [0.1, 0.15) is 18.3 Å². The highest BCUT2D eigenvalue weighted by Crippen LogP contribution is 2.33. The van der Waals surface area contributed by atoms with Crippen LogP contribution in [0, 0.1) is 0 Å². The number of halogens is 2. The van der Waals surface area contributed by atoms with Crippen molar-refractivity contribution in [2.75, 3.05) is 17.5 Å². The van der Waals surface area contributed by atoms with Crippen LogP contribution < -0.4 is 14.4 Å². The van der Waals surface area contributed by atoms with Crippen LogP contribution in [-0.2, 0) is 26.2 Å². The minimum atomic E-state index is -4.26. The molecule has 0 bridgehead atoms. The lowest BCUT2D eigenvalue weighted by Gasteiger charge is -2.33. The number of para-hydroxylation sites is 2. The van der Waals surface area contributed by atoms with Crippen molar-refractivity contribution in [3.63, 3.8) is 0 Å². The van der Waals surface area contributed by atoms with Crippen molar-refractivity contribution < 1.29 is 22.7 Å². The van der Waals surface area contributed by atoms with Crippen LogP contribution in [0.15, 0.2) is 77.7 Å². The normalized spacial score (nSPS) is 12.7. The fourth-order valence-electron chi connectivity index (χ4n) is 4.07. The molecule has 2 atom stereocenters. The Morgan fingerprint density at radius 2 is 1.61 bits per heavy atom. The van der Waals surface area contributed by atoms with E-state index in [1.807, 2.05) is 13.8 Å². The van der Waals surface area contributed by atoms with E-state index in [-0.39, 0.29) is 35.7 Å². The first-order chi connectivity index (χ1) is 19.5. The lowest BCUT2D eigenvalue weighted by atomic mass is 10.1. The third-order valence-corrected chi connectivity index (χ3v) is 8.79. The molecule has 0 radical (unpaired) electrons. The van der Waals surface area contributed by atoms with Gasteiger partial charge in [0.15, 0.2) is 0 Å². The number of ether oxygens (including phenoxy) is 1. The molecular weight excluding hydrogens is 585 g/mol. The van der Waals surface area contributed by atoms with Crippen LogP contribution in [0.25, 0.3) is 0 Å². The molecule has 0 unspecified atom stereocenters. The van der Waals surface area contributed by atoms with Crippen molar-refractivity contribution >= 4 is 50.7 Å². The monoisotopic (exact) mass is 619 g/mol. The van der Waals surface area contributed by atoms with E-state index in [0.29, 0.717) is 27.8 Å². The first-order valence-corrected chi connectivity index (χ1v) is 15.5. The zero-order chi connectivity index (χ0) is 30.2. The Kier molecular flexibility index (Phi) is 11.5.